The highest BCUT2D eigenvalue weighted by Crippen LogP contribution is 2.50. The van der Waals surface area contributed by atoms with E-state index in [-0.39, 0.29) is 40.3 Å². The number of carbonyl (C=O) groups is 1. The molecule has 3 unspecified atom stereocenters. The Kier molecular flexibility index (Phi) is 18.5. The topological polar surface area (TPSA) is 347 Å². The van der Waals surface area contributed by atoms with Gasteiger partial charge in [-0.1, -0.05) is 0 Å². The number of nitrogens with zero attached hydrogens (tertiary/aromatic N) is 4. The minimum absolute atomic E-state index is 0.0110. The second kappa shape index (κ2) is 23.3. The number of methoxy groups -OCH3 is 3. The third-order valence-corrected chi connectivity index (χ3v) is 15.1. The van der Waals surface area contributed by atoms with Crippen LogP contribution in [0.15, 0.2) is 36.8 Å². The molecule has 0 spiro atoms. The van der Waals surface area contributed by atoms with E-state index in [1.807, 2.05) is 48.5 Å². The predicted molar refractivity (Wildman–Crippen MR) is 278 cm³/mol. The second-order valence-electron chi connectivity index (χ2n) is 23.3. The summed E-state index contributed by atoms with van der Waals surface area (Å²) < 4.78 is 94.7. The number of hydrogen-bond acceptors (Lipinski definition) is 25. The van der Waals surface area contributed by atoms with Crippen LogP contribution in [0.2, 0.25) is 0 Å². The molecule has 0 saturated carbocycles. The first-order valence-corrected chi connectivity index (χ1v) is 26.4. The molecule has 9 heterocycles. The number of aromatic nitrogens is 3. The molecule has 0 amide bonds. The van der Waals surface area contributed by atoms with Crippen LogP contribution in [0.5, 0.6) is 0 Å². The molecule has 3 aromatic rings. The van der Waals surface area contributed by atoms with Gasteiger partial charge in [-0.2, -0.15) is 0 Å². The number of nitrogen functional groups attached to an aromatic ring is 1. The summed E-state index contributed by atoms with van der Waals surface area (Å²) in [7, 11) is 4.63. The molecule has 81 heavy (non-hydrogen) atoms. The average Bonchev–Trinajstić information content (AvgIpc) is 4.25. The normalized spacial score (nSPS) is 39.0. The number of anilines is 1. The summed E-state index contributed by atoms with van der Waals surface area (Å²) in [6.07, 6.45) is -8.43. The molecule has 0 aliphatic carbocycles. The first-order valence-electron chi connectivity index (χ1n) is 26.4. The van der Waals surface area contributed by atoms with Gasteiger partial charge in [-0.05, 0) is 109 Å². The number of halogens is 1. The van der Waals surface area contributed by atoms with Crippen molar-refractivity contribution in [3.8, 4) is 0 Å². The number of carbonyl (C=O) groups excluding carboxylic acids is 1. The number of nitro benzene ring substituents is 1. The number of nitro groups is 1. The van der Waals surface area contributed by atoms with Gasteiger partial charge in [0.25, 0.3) is 5.69 Å². The Labute approximate surface area is 468 Å². The molecule has 27 nitrogen and oxygen atoms in total. The van der Waals surface area contributed by atoms with Gasteiger partial charge in [-0.25, -0.2) is 19.2 Å². The number of benzene rings is 1. The van der Waals surface area contributed by atoms with Crippen molar-refractivity contribution in [3.05, 3.63) is 58.3 Å². The fourth-order valence-corrected chi connectivity index (χ4v) is 11.7. The van der Waals surface area contributed by atoms with Gasteiger partial charge in [0.15, 0.2) is 53.9 Å². The fraction of sp³-hybridized carbons (Fsp3) is 0.755. The van der Waals surface area contributed by atoms with Gasteiger partial charge in [0.1, 0.15) is 89.5 Å². The maximum atomic E-state index is 14.1. The third-order valence-electron chi connectivity index (χ3n) is 15.1. The molecule has 28 heteroatoms. The van der Waals surface area contributed by atoms with Crippen molar-refractivity contribution in [2.24, 2.45) is 0 Å². The molecular weight excluding hydrogens is 1080 g/mol. The van der Waals surface area contributed by atoms with E-state index < -0.39 is 143 Å². The van der Waals surface area contributed by atoms with Crippen molar-refractivity contribution in [3.63, 3.8) is 0 Å². The number of aliphatic hydroxyl groups excluding tert-OH is 4. The monoisotopic (exact) mass is 1160 g/mol. The van der Waals surface area contributed by atoms with Crippen LogP contribution in [0, 0.1) is 15.9 Å². The smallest absolute Gasteiger partial charge is 0.338 e. The number of rotatable bonds is 11. The summed E-state index contributed by atoms with van der Waals surface area (Å²) >= 11 is 0. The predicted octanol–water partition coefficient (Wildman–Crippen LogP) is 3.26. The number of nitrogens with two attached hydrogens (primary N) is 1. The number of hydrogen-bond donors (Lipinski definition) is 6. The Hall–Kier alpha value is -4.28. The first kappa shape index (κ1) is 64.3. The number of aliphatic hydroxyl groups is 5. The summed E-state index contributed by atoms with van der Waals surface area (Å²) in [6, 6.07) is 5.20. The number of fused-ring (bicyclic) bond motifs is 4. The van der Waals surface area contributed by atoms with E-state index in [4.69, 9.17) is 72.0 Å². The number of non-ortho nitro benzene ring substituents is 1. The lowest BCUT2D eigenvalue weighted by Crippen LogP contribution is -2.46. The lowest BCUT2D eigenvalue weighted by Gasteiger charge is -2.28. The summed E-state index contributed by atoms with van der Waals surface area (Å²) in [5.74, 6) is -3.48. The largest absolute Gasteiger partial charge is 0.456 e. The van der Waals surface area contributed by atoms with E-state index in [0.717, 1.165) is 6.20 Å². The Morgan fingerprint density at radius 1 is 0.691 bits per heavy atom. The lowest BCUT2D eigenvalue weighted by molar-refractivity contribution is -0.384. The SMILES string of the molecule is COC1O[C@H]([C@@H](C)O)[C@H]2OC(C)(C)O[C@@]12C.COC1O[C@H]([C@H](C)O)[C@H]2OC(C)(C)O[C@@]12C.COC1O[C@H]([C@H](C)OC(=O)c2ccc([N+](=O)[O-])cc2)[C@H]2OC(C)(C)O[C@@]12C.C[C@H](O)[C@H]1O[C@@H](n2cc(F)c3c(N)ncnc32)[C@](C)(O)[C@@H]1O. The van der Waals surface area contributed by atoms with Crippen LogP contribution in [-0.4, -0.2) is 204 Å². The quantitative estimate of drug-likeness (QED) is 0.0911. The fourth-order valence-electron chi connectivity index (χ4n) is 11.7. The van der Waals surface area contributed by atoms with Crippen molar-refractivity contribution < 1.29 is 106 Å². The Bertz CT molecular complexity index is 2640. The standard InChI is InChI=1S/C18H23NO8.C13H17FN4O4.2C11H20O5/c1-10(24-15(20)11-6-8-12(9-7-11)19(21)22)13-14-18(4,16(23-5)25-13)27-17(2,3)26-14;1-5(19)8-9(20)13(2,21)12(22-8)18-3-6(14)7-10(15)16-4-17-11(7)18;2*1-6(12)7-8-11(4,9(13-5)14-7)16-10(2,3)15-8/h6-10,13-14,16H,1-5H3;3-5,8-9,12,19-21H,1-2H3,(H2,15,16,17);2*6-9,12H,1-5H3/t10-,13+,14+,16?,18+;5-,8+,9+,12+,13+;6-,7+,8+,9?,11+;6-,7-,8-,9?,11-/m0001/s1. The van der Waals surface area contributed by atoms with Crippen molar-refractivity contribution >= 4 is 28.5 Å². The lowest BCUT2D eigenvalue weighted by atomic mass is 9.94. The zero-order valence-electron chi connectivity index (χ0n) is 48.6. The van der Waals surface area contributed by atoms with Crippen molar-refractivity contribution in [2.45, 2.75) is 235 Å². The van der Waals surface area contributed by atoms with Crippen LogP contribution in [0.3, 0.4) is 0 Å². The van der Waals surface area contributed by atoms with Gasteiger partial charge in [-0.3, -0.25) is 14.7 Å². The molecule has 7 saturated heterocycles. The van der Waals surface area contributed by atoms with Crippen LogP contribution >= 0.6 is 0 Å². The Balaban J connectivity index is 0.000000160. The van der Waals surface area contributed by atoms with Crippen LogP contribution in [0.25, 0.3) is 11.0 Å². The van der Waals surface area contributed by atoms with E-state index >= 15 is 0 Å². The summed E-state index contributed by atoms with van der Waals surface area (Å²) in [6.45, 7) is 24.4. The van der Waals surface area contributed by atoms with E-state index in [1.165, 1.54) is 56.1 Å². The summed E-state index contributed by atoms with van der Waals surface area (Å²) in [5.41, 5.74) is 1.96. The molecule has 20 atom stereocenters. The minimum Gasteiger partial charge on any atom is -0.456 e. The molecular formula is C53H80FN5O22. The van der Waals surface area contributed by atoms with E-state index in [0.29, 0.717) is 0 Å². The molecule has 0 radical (unpaired) electrons. The number of ether oxygens (including phenoxy) is 14. The molecule has 7 N–H and O–H groups in total. The molecule has 10 rings (SSSR count). The Morgan fingerprint density at radius 3 is 1.48 bits per heavy atom. The maximum Gasteiger partial charge on any atom is 0.338 e. The highest BCUT2D eigenvalue weighted by atomic mass is 19.1. The molecule has 7 aliphatic rings. The zero-order chi connectivity index (χ0) is 60.5. The van der Waals surface area contributed by atoms with E-state index in [2.05, 4.69) is 9.97 Å². The van der Waals surface area contributed by atoms with E-state index in [9.17, 15) is 44.8 Å². The van der Waals surface area contributed by atoms with Gasteiger partial charge in [-0.15, -0.1) is 0 Å². The van der Waals surface area contributed by atoms with Crippen molar-refractivity contribution in [2.75, 3.05) is 27.1 Å². The molecule has 456 valence electrons. The van der Waals surface area contributed by atoms with Gasteiger partial charge >= 0.3 is 5.97 Å². The molecule has 2 aromatic heterocycles. The summed E-state index contributed by atoms with van der Waals surface area (Å²) in [5, 5.41) is 60.4. The average molecular weight is 1160 g/mol. The first-order chi connectivity index (χ1) is 37.4. The third kappa shape index (κ3) is 12.3. The van der Waals surface area contributed by atoms with Gasteiger partial charge in [0.05, 0.1) is 34.2 Å². The van der Waals surface area contributed by atoms with Crippen LogP contribution < -0.4 is 5.73 Å². The highest BCUT2D eigenvalue weighted by molar-refractivity contribution is 5.89. The molecule has 1 aromatic carbocycles. The maximum absolute atomic E-state index is 14.1. The van der Waals surface area contributed by atoms with Crippen LogP contribution in [-0.2, 0) is 66.3 Å². The highest BCUT2D eigenvalue weighted by Gasteiger charge is 2.67. The van der Waals surface area contributed by atoms with E-state index in [1.54, 1.807) is 48.8 Å². The summed E-state index contributed by atoms with van der Waals surface area (Å²) in [4.78, 5) is 30.3. The molecule has 0 bridgehead atoms. The Morgan fingerprint density at radius 2 is 1.10 bits per heavy atom. The van der Waals surface area contributed by atoms with Crippen molar-refractivity contribution in [1.82, 2.24) is 14.5 Å². The number of esters is 1. The second-order valence-corrected chi connectivity index (χ2v) is 23.3. The zero-order valence-corrected chi connectivity index (χ0v) is 48.6. The van der Waals surface area contributed by atoms with Crippen LogP contribution in [0.4, 0.5) is 15.9 Å². The van der Waals surface area contributed by atoms with Crippen molar-refractivity contribution in [1.29, 1.82) is 0 Å². The molecule has 7 fully saturated rings. The molecule has 7 aliphatic heterocycles. The van der Waals surface area contributed by atoms with Gasteiger partial charge in [0.2, 0.25) is 0 Å². The van der Waals surface area contributed by atoms with Gasteiger partial charge < -0.3 is 97.6 Å². The minimum atomic E-state index is -1.75. The van der Waals surface area contributed by atoms with Crippen LogP contribution in [0.1, 0.15) is 114 Å². The van der Waals surface area contributed by atoms with Gasteiger partial charge in [0, 0.05) is 39.7 Å².